The first-order valence-electron chi connectivity index (χ1n) is 8.71. The summed E-state index contributed by atoms with van der Waals surface area (Å²) in [6, 6.07) is 6.17. The van der Waals surface area contributed by atoms with E-state index in [1.807, 2.05) is 6.92 Å². The van der Waals surface area contributed by atoms with Crippen LogP contribution in [0.2, 0.25) is 5.02 Å². The Kier molecular flexibility index (Phi) is 8.07. The number of aromatic nitrogens is 1. The second-order valence-corrected chi connectivity index (χ2v) is 8.23. The third-order valence-corrected chi connectivity index (χ3v) is 5.71. The van der Waals surface area contributed by atoms with Crippen molar-refractivity contribution < 1.29 is 18.5 Å². The fourth-order valence-electron chi connectivity index (χ4n) is 2.32. The maximum absolute atomic E-state index is 12.6. The molecule has 0 aliphatic rings. The molecule has 0 aliphatic carbocycles. The van der Waals surface area contributed by atoms with Crippen LogP contribution < -0.4 is 20.2 Å². The first-order chi connectivity index (χ1) is 13.3. The number of H-pyrrole nitrogens is 1. The maximum Gasteiger partial charge on any atom is 0.239 e. The lowest BCUT2D eigenvalue weighted by Crippen LogP contribution is -2.30. The van der Waals surface area contributed by atoms with E-state index in [0.29, 0.717) is 28.8 Å². The first-order valence-corrected chi connectivity index (χ1v) is 10.5. The van der Waals surface area contributed by atoms with Gasteiger partial charge in [0.05, 0.1) is 25.2 Å². The molecule has 152 valence electrons. The van der Waals surface area contributed by atoms with Crippen molar-refractivity contribution in [1.29, 1.82) is 0 Å². The normalized spacial score (nSPS) is 12.9. The van der Waals surface area contributed by atoms with Gasteiger partial charge in [-0.25, -0.2) is 0 Å². The van der Waals surface area contributed by atoms with Gasteiger partial charge in [-0.2, -0.15) is 0 Å². The quantitative estimate of drug-likeness (QED) is 0.642. The van der Waals surface area contributed by atoms with Gasteiger partial charge in [-0.3, -0.25) is 13.8 Å². The Balaban J connectivity index is 2.04. The minimum absolute atomic E-state index is 0.0323. The number of hydrogen-bond donors (Lipinski definition) is 2. The van der Waals surface area contributed by atoms with E-state index < -0.39 is 22.0 Å². The number of nitrogens with one attached hydrogen (secondary N) is 2. The average molecular weight is 427 g/mol. The molecule has 0 saturated carbocycles. The molecule has 1 amide bonds. The van der Waals surface area contributed by atoms with Crippen LogP contribution in [0.5, 0.6) is 11.5 Å². The lowest BCUT2D eigenvalue weighted by molar-refractivity contribution is -0.115. The van der Waals surface area contributed by atoms with Crippen LogP contribution >= 0.6 is 11.6 Å². The molecule has 28 heavy (non-hydrogen) atoms. The van der Waals surface area contributed by atoms with E-state index in [1.54, 1.807) is 25.1 Å². The summed E-state index contributed by atoms with van der Waals surface area (Å²) in [5, 5.41) is 2.30. The second kappa shape index (κ2) is 10.3. The number of hydrogen-bond acceptors (Lipinski definition) is 5. The number of pyridine rings is 1. The van der Waals surface area contributed by atoms with E-state index in [0.717, 1.165) is 6.42 Å². The number of carbonyl (C=O) groups excluding carboxylic acids is 1. The highest BCUT2D eigenvalue weighted by molar-refractivity contribution is 7.85. The summed E-state index contributed by atoms with van der Waals surface area (Å²) in [5.41, 5.74) is 0.571. The molecule has 0 saturated heterocycles. The average Bonchev–Trinajstić information content (AvgIpc) is 2.67. The lowest BCUT2D eigenvalue weighted by atomic mass is 10.3. The predicted molar refractivity (Wildman–Crippen MR) is 111 cm³/mol. The highest BCUT2D eigenvalue weighted by Gasteiger charge is 2.22. The topological polar surface area (TPSA) is 97.5 Å². The zero-order valence-electron chi connectivity index (χ0n) is 15.9. The third kappa shape index (κ3) is 5.84. The molecule has 2 rings (SSSR count). The van der Waals surface area contributed by atoms with Crippen LogP contribution in [0.25, 0.3) is 0 Å². The summed E-state index contributed by atoms with van der Waals surface area (Å²) < 4.78 is 23.1. The summed E-state index contributed by atoms with van der Waals surface area (Å²) in [6.07, 6.45) is 2.24. The number of benzene rings is 1. The Bertz CT molecular complexity index is 915. The lowest BCUT2D eigenvalue weighted by Gasteiger charge is -2.14. The molecule has 0 bridgehead atoms. The van der Waals surface area contributed by atoms with Gasteiger partial charge in [0.15, 0.2) is 5.75 Å². The fourth-order valence-corrected chi connectivity index (χ4v) is 3.51. The van der Waals surface area contributed by atoms with Gasteiger partial charge in [0.25, 0.3) is 0 Å². The number of halogens is 1. The molecule has 0 radical (unpaired) electrons. The number of anilines is 1. The summed E-state index contributed by atoms with van der Waals surface area (Å²) in [5.74, 6) is 0.256. The van der Waals surface area contributed by atoms with Gasteiger partial charge >= 0.3 is 0 Å². The van der Waals surface area contributed by atoms with Crippen LogP contribution in [0, 0.1) is 0 Å². The Labute approximate surface area is 170 Å². The minimum Gasteiger partial charge on any atom is -0.495 e. The zero-order valence-corrected chi connectivity index (χ0v) is 17.5. The van der Waals surface area contributed by atoms with E-state index in [4.69, 9.17) is 21.1 Å². The highest BCUT2D eigenvalue weighted by atomic mass is 35.5. The number of amides is 1. The summed E-state index contributed by atoms with van der Waals surface area (Å²) in [4.78, 5) is 27.4. The van der Waals surface area contributed by atoms with E-state index in [-0.39, 0.29) is 16.9 Å². The SMILES string of the molecule is CCCOc1c[nH]c(CS(=O)C(C)C(=O)Nc2cc(Cl)ccc2OC)cc1=O. The number of carbonyl (C=O) groups is 1. The van der Waals surface area contributed by atoms with Gasteiger partial charge in [0.2, 0.25) is 11.3 Å². The van der Waals surface area contributed by atoms with Crippen LogP contribution in [0.4, 0.5) is 5.69 Å². The number of methoxy groups -OCH3 is 1. The van der Waals surface area contributed by atoms with Crippen molar-refractivity contribution in [2.24, 2.45) is 0 Å². The largest absolute Gasteiger partial charge is 0.495 e. The van der Waals surface area contributed by atoms with Gasteiger partial charge in [-0.15, -0.1) is 0 Å². The zero-order chi connectivity index (χ0) is 20.7. The van der Waals surface area contributed by atoms with Crippen molar-refractivity contribution in [2.45, 2.75) is 31.3 Å². The molecule has 2 unspecified atom stereocenters. The smallest absolute Gasteiger partial charge is 0.239 e. The van der Waals surface area contributed by atoms with Crippen molar-refractivity contribution in [1.82, 2.24) is 4.98 Å². The fraction of sp³-hybridized carbons (Fsp3) is 0.368. The van der Waals surface area contributed by atoms with E-state index in [9.17, 15) is 13.8 Å². The Morgan fingerprint density at radius 2 is 2.07 bits per heavy atom. The number of aromatic amines is 1. The van der Waals surface area contributed by atoms with Crippen molar-refractivity contribution in [3.05, 3.63) is 51.4 Å². The van der Waals surface area contributed by atoms with Gasteiger partial charge in [-0.05, 0) is 31.5 Å². The highest BCUT2D eigenvalue weighted by Crippen LogP contribution is 2.28. The molecule has 0 aliphatic heterocycles. The second-order valence-electron chi connectivity index (χ2n) is 6.04. The summed E-state index contributed by atoms with van der Waals surface area (Å²) in [6.45, 7) is 3.94. The number of ether oxygens (including phenoxy) is 2. The van der Waals surface area contributed by atoms with Gasteiger partial charge < -0.3 is 19.8 Å². The molecular weight excluding hydrogens is 404 g/mol. The van der Waals surface area contributed by atoms with Crippen molar-refractivity contribution in [3.8, 4) is 11.5 Å². The molecule has 1 aromatic carbocycles. The van der Waals surface area contributed by atoms with Crippen molar-refractivity contribution in [2.75, 3.05) is 19.0 Å². The molecule has 9 heteroatoms. The molecule has 7 nitrogen and oxygen atoms in total. The summed E-state index contributed by atoms with van der Waals surface area (Å²) >= 11 is 5.96. The van der Waals surface area contributed by atoms with Crippen LogP contribution in [-0.4, -0.2) is 34.1 Å². The van der Waals surface area contributed by atoms with Crippen LogP contribution in [0.3, 0.4) is 0 Å². The van der Waals surface area contributed by atoms with Crippen molar-refractivity contribution in [3.63, 3.8) is 0 Å². The Morgan fingerprint density at radius 3 is 2.71 bits per heavy atom. The Morgan fingerprint density at radius 1 is 1.32 bits per heavy atom. The van der Waals surface area contributed by atoms with E-state index in [1.165, 1.54) is 19.4 Å². The first kappa shape index (κ1) is 22.0. The molecule has 2 atom stereocenters. The van der Waals surface area contributed by atoms with Gasteiger partial charge in [-0.1, -0.05) is 18.5 Å². The molecule has 2 aromatic rings. The third-order valence-electron chi connectivity index (χ3n) is 3.88. The summed E-state index contributed by atoms with van der Waals surface area (Å²) in [7, 11) is -0.0735. The Hall–Kier alpha value is -2.32. The molecule has 2 N–H and O–H groups in total. The van der Waals surface area contributed by atoms with Gasteiger partial charge in [0.1, 0.15) is 11.0 Å². The van der Waals surface area contributed by atoms with Gasteiger partial charge in [0, 0.05) is 33.8 Å². The van der Waals surface area contributed by atoms with Crippen molar-refractivity contribution >= 4 is 34.0 Å². The monoisotopic (exact) mass is 426 g/mol. The van der Waals surface area contributed by atoms with Crippen LogP contribution in [-0.2, 0) is 21.3 Å². The van der Waals surface area contributed by atoms with Crippen LogP contribution in [0.15, 0.2) is 35.3 Å². The standard InChI is InChI=1S/C19H23ClN2O5S/c1-4-7-27-18-10-21-14(9-16(18)23)11-28(25)12(2)19(24)22-15-8-13(20)5-6-17(15)26-3/h5-6,8-10,12H,4,7,11H2,1-3H3,(H,21,23)(H,22,24). The molecule has 1 aromatic heterocycles. The molecule has 0 fully saturated rings. The van der Waals surface area contributed by atoms with Crippen LogP contribution in [0.1, 0.15) is 26.0 Å². The maximum atomic E-state index is 12.6. The minimum atomic E-state index is -1.55. The molecule has 1 heterocycles. The van der Waals surface area contributed by atoms with E-state index >= 15 is 0 Å². The van der Waals surface area contributed by atoms with E-state index in [2.05, 4.69) is 10.3 Å². The number of rotatable bonds is 9. The predicted octanol–water partition coefficient (Wildman–Crippen LogP) is 3.10. The molecular formula is C19H23ClN2O5S. The molecule has 0 spiro atoms.